The van der Waals surface area contributed by atoms with Gasteiger partial charge in [0.05, 0.1) is 6.10 Å². The van der Waals surface area contributed by atoms with Gasteiger partial charge in [0.2, 0.25) is 0 Å². The van der Waals surface area contributed by atoms with Crippen molar-refractivity contribution in [3.63, 3.8) is 0 Å². The number of nitrogens with zero attached hydrogens (tertiary/aromatic N) is 1. The molecule has 1 aromatic heterocycles. The van der Waals surface area contributed by atoms with E-state index in [-0.39, 0.29) is 11.7 Å². The van der Waals surface area contributed by atoms with Gasteiger partial charge in [-0.3, -0.25) is 4.79 Å². The summed E-state index contributed by atoms with van der Waals surface area (Å²) in [6, 6.07) is 7.47. The van der Waals surface area contributed by atoms with Gasteiger partial charge in [0.25, 0.3) is 5.56 Å². The van der Waals surface area contributed by atoms with Gasteiger partial charge in [0.15, 0.2) is 0 Å². The zero-order valence-corrected chi connectivity index (χ0v) is 12.5. The highest BCUT2D eigenvalue weighted by Gasteiger charge is 2.13. The highest BCUT2D eigenvalue weighted by Crippen LogP contribution is 2.19. The average molecular weight is 274 g/mol. The van der Waals surface area contributed by atoms with Crippen molar-refractivity contribution in [2.45, 2.75) is 45.9 Å². The summed E-state index contributed by atoms with van der Waals surface area (Å²) in [5.74, 6) is 0.781. The summed E-state index contributed by atoms with van der Waals surface area (Å²) >= 11 is 0. The van der Waals surface area contributed by atoms with Crippen LogP contribution in [0.1, 0.15) is 27.7 Å². The van der Waals surface area contributed by atoms with Gasteiger partial charge in [-0.2, -0.15) is 0 Å². The highest BCUT2D eigenvalue weighted by atomic mass is 16.5. The molecule has 0 radical (unpaired) electrons. The Morgan fingerprint density at radius 3 is 2.60 bits per heavy atom. The Labute approximate surface area is 119 Å². The number of rotatable bonds is 4. The van der Waals surface area contributed by atoms with E-state index in [4.69, 9.17) is 10.5 Å². The summed E-state index contributed by atoms with van der Waals surface area (Å²) in [6.45, 7) is 8.26. The van der Waals surface area contributed by atoms with Crippen LogP contribution in [0.2, 0.25) is 0 Å². The molecule has 0 saturated heterocycles. The summed E-state index contributed by atoms with van der Waals surface area (Å²) in [7, 11) is 0. The maximum atomic E-state index is 12.4. The smallest absolute Gasteiger partial charge is 0.258 e. The molecule has 0 aliphatic rings. The topological polar surface area (TPSA) is 57.2 Å². The van der Waals surface area contributed by atoms with E-state index in [0.29, 0.717) is 11.9 Å². The van der Waals surface area contributed by atoms with Crippen molar-refractivity contribution in [1.82, 2.24) is 4.57 Å². The third-order valence-electron chi connectivity index (χ3n) is 2.90. The Kier molecular flexibility index (Phi) is 3.86. The number of nitrogens with two attached hydrogens (primary N) is 1. The van der Waals surface area contributed by atoms with Crippen molar-refractivity contribution < 1.29 is 4.74 Å². The monoisotopic (exact) mass is 274 g/mol. The Morgan fingerprint density at radius 2 is 2.00 bits per heavy atom. The lowest BCUT2D eigenvalue weighted by molar-refractivity contribution is 0.243. The van der Waals surface area contributed by atoms with Crippen LogP contribution >= 0.6 is 0 Å². The molecule has 2 rings (SSSR count). The number of fused-ring (bicyclic) bond motifs is 1. The molecule has 0 unspecified atom stereocenters. The number of hydrogen-bond acceptors (Lipinski definition) is 3. The van der Waals surface area contributed by atoms with Crippen LogP contribution in [0.5, 0.6) is 5.75 Å². The van der Waals surface area contributed by atoms with E-state index in [0.717, 1.165) is 11.1 Å². The van der Waals surface area contributed by atoms with Crippen LogP contribution < -0.4 is 16.0 Å². The standard InChI is InChI=1S/C16H22N2O2/c1-11(2)20-13-5-6-14-12(9-13)7-8-18(15(14)19)10-16(3,4)17/h5-9,11H,10,17H2,1-4H3. The van der Waals surface area contributed by atoms with Crippen molar-refractivity contribution in [3.8, 4) is 5.75 Å². The van der Waals surface area contributed by atoms with Crippen molar-refractivity contribution in [2.75, 3.05) is 0 Å². The maximum absolute atomic E-state index is 12.4. The van der Waals surface area contributed by atoms with Gasteiger partial charge in [-0.15, -0.1) is 0 Å². The van der Waals surface area contributed by atoms with E-state index in [9.17, 15) is 4.79 Å². The molecule has 0 saturated carbocycles. The van der Waals surface area contributed by atoms with Crippen LogP contribution in [0.15, 0.2) is 35.3 Å². The molecule has 2 aromatic rings. The molecule has 20 heavy (non-hydrogen) atoms. The molecule has 0 aliphatic heterocycles. The van der Waals surface area contributed by atoms with E-state index in [1.165, 1.54) is 0 Å². The fourth-order valence-electron chi connectivity index (χ4n) is 2.18. The zero-order valence-electron chi connectivity index (χ0n) is 12.5. The van der Waals surface area contributed by atoms with Gasteiger partial charge in [0, 0.05) is 23.7 Å². The number of benzene rings is 1. The SMILES string of the molecule is CC(C)Oc1ccc2c(=O)n(CC(C)(C)N)ccc2c1. The molecule has 4 nitrogen and oxygen atoms in total. The van der Waals surface area contributed by atoms with Crippen LogP contribution in [0, 0.1) is 0 Å². The molecule has 0 fully saturated rings. The highest BCUT2D eigenvalue weighted by molar-refractivity contribution is 5.82. The van der Waals surface area contributed by atoms with E-state index in [1.54, 1.807) is 10.8 Å². The Hall–Kier alpha value is -1.81. The summed E-state index contributed by atoms with van der Waals surface area (Å²) in [5, 5.41) is 1.58. The van der Waals surface area contributed by atoms with Crippen molar-refractivity contribution in [2.24, 2.45) is 5.73 Å². The number of aromatic nitrogens is 1. The quantitative estimate of drug-likeness (QED) is 0.932. The zero-order chi connectivity index (χ0) is 14.9. The van der Waals surface area contributed by atoms with Gasteiger partial charge in [-0.05, 0) is 57.3 Å². The average Bonchev–Trinajstić information content (AvgIpc) is 2.30. The fourth-order valence-corrected chi connectivity index (χ4v) is 2.18. The van der Waals surface area contributed by atoms with Gasteiger partial charge in [-0.1, -0.05) is 0 Å². The summed E-state index contributed by atoms with van der Waals surface area (Å²) in [4.78, 5) is 12.4. The molecule has 0 bridgehead atoms. The minimum Gasteiger partial charge on any atom is -0.491 e. The number of ether oxygens (including phenoxy) is 1. The second-order valence-corrected chi connectivity index (χ2v) is 6.15. The predicted molar refractivity (Wildman–Crippen MR) is 82.2 cm³/mol. The van der Waals surface area contributed by atoms with Gasteiger partial charge in [-0.25, -0.2) is 0 Å². The van der Waals surface area contributed by atoms with Crippen LogP contribution in [0.3, 0.4) is 0 Å². The third kappa shape index (κ3) is 3.39. The summed E-state index contributed by atoms with van der Waals surface area (Å²) in [6.07, 6.45) is 1.91. The molecule has 0 aliphatic carbocycles. The van der Waals surface area contributed by atoms with E-state index in [1.807, 2.05) is 52.0 Å². The van der Waals surface area contributed by atoms with Gasteiger partial charge < -0.3 is 15.0 Å². The van der Waals surface area contributed by atoms with Crippen LogP contribution in [-0.4, -0.2) is 16.2 Å². The molecule has 2 N–H and O–H groups in total. The lowest BCUT2D eigenvalue weighted by Crippen LogP contribution is -2.40. The molecule has 0 atom stereocenters. The maximum Gasteiger partial charge on any atom is 0.258 e. The first-order valence-electron chi connectivity index (χ1n) is 6.85. The molecule has 1 aromatic carbocycles. The fraction of sp³-hybridized carbons (Fsp3) is 0.438. The molecule has 4 heteroatoms. The second kappa shape index (κ2) is 5.29. The molecule has 108 valence electrons. The Balaban J connectivity index is 2.45. The first-order chi connectivity index (χ1) is 9.26. The first-order valence-corrected chi connectivity index (χ1v) is 6.85. The minimum absolute atomic E-state index is 0.0166. The van der Waals surface area contributed by atoms with Crippen LogP contribution in [0.25, 0.3) is 10.8 Å². The molecular formula is C16H22N2O2. The normalized spacial score (nSPS) is 12.1. The van der Waals surface area contributed by atoms with Crippen molar-refractivity contribution in [1.29, 1.82) is 0 Å². The Morgan fingerprint density at radius 1 is 1.30 bits per heavy atom. The Bertz CT molecular complexity index is 666. The predicted octanol–water partition coefficient (Wildman–Crippen LogP) is 2.53. The van der Waals surface area contributed by atoms with Crippen molar-refractivity contribution in [3.05, 3.63) is 40.8 Å². The lowest BCUT2D eigenvalue weighted by atomic mass is 10.1. The van der Waals surface area contributed by atoms with Crippen molar-refractivity contribution >= 4 is 10.8 Å². The third-order valence-corrected chi connectivity index (χ3v) is 2.90. The molecule has 0 spiro atoms. The van der Waals surface area contributed by atoms with Crippen LogP contribution in [0.4, 0.5) is 0 Å². The lowest BCUT2D eigenvalue weighted by Gasteiger charge is -2.20. The van der Waals surface area contributed by atoms with E-state index in [2.05, 4.69) is 0 Å². The molecule has 1 heterocycles. The first kappa shape index (κ1) is 14.6. The number of pyridine rings is 1. The molecule has 0 amide bonds. The second-order valence-electron chi connectivity index (χ2n) is 6.15. The molecular weight excluding hydrogens is 252 g/mol. The van der Waals surface area contributed by atoms with Gasteiger partial charge in [0.1, 0.15) is 5.75 Å². The van der Waals surface area contributed by atoms with Gasteiger partial charge >= 0.3 is 0 Å². The summed E-state index contributed by atoms with van der Waals surface area (Å²) in [5.41, 5.74) is 5.54. The number of hydrogen-bond donors (Lipinski definition) is 1. The summed E-state index contributed by atoms with van der Waals surface area (Å²) < 4.78 is 7.30. The minimum atomic E-state index is -0.418. The van der Waals surface area contributed by atoms with E-state index < -0.39 is 5.54 Å². The largest absolute Gasteiger partial charge is 0.491 e. The van der Waals surface area contributed by atoms with E-state index >= 15 is 0 Å². The van der Waals surface area contributed by atoms with Crippen LogP contribution in [-0.2, 0) is 6.54 Å².